The number of alkyl halides is 3. The molecule has 5 nitrogen and oxygen atoms in total. The molecule has 1 saturated carbocycles. The zero-order valence-electron chi connectivity index (χ0n) is 14.3. The lowest BCUT2D eigenvalue weighted by molar-refractivity contribution is -0.138. The van der Waals surface area contributed by atoms with Crippen LogP contribution in [0.5, 0.6) is 0 Å². The maximum Gasteiger partial charge on any atom is 0.416 e. The molecule has 3 rings (SSSR count). The second-order valence-corrected chi connectivity index (χ2v) is 8.98. The molecule has 1 saturated heterocycles. The quantitative estimate of drug-likeness (QED) is 0.858. The van der Waals surface area contributed by atoms with Gasteiger partial charge in [-0.2, -0.15) is 13.2 Å². The molecule has 9 heteroatoms. The lowest BCUT2D eigenvalue weighted by Crippen LogP contribution is -2.49. The van der Waals surface area contributed by atoms with Crippen molar-refractivity contribution in [3.05, 3.63) is 35.4 Å². The van der Waals surface area contributed by atoms with E-state index >= 15 is 0 Å². The summed E-state index contributed by atoms with van der Waals surface area (Å²) < 4.78 is 64.0. The summed E-state index contributed by atoms with van der Waals surface area (Å²) in [6, 6.07) is 5.04. The molecule has 0 bridgehead atoms. The number of hydrogen-bond donors (Lipinski definition) is 1. The van der Waals surface area contributed by atoms with Crippen LogP contribution >= 0.6 is 0 Å². The van der Waals surface area contributed by atoms with E-state index in [0.717, 1.165) is 12.3 Å². The molecule has 1 N–H and O–H groups in total. The van der Waals surface area contributed by atoms with Gasteiger partial charge in [-0.1, -0.05) is 18.2 Å². The fourth-order valence-electron chi connectivity index (χ4n) is 3.58. The number of amides is 1. The van der Waals surface area contributed by atoms with E-state index in [1.165, 1.54) is 16.4 Å². The second kappa shape index (κ2) is 6.84. The van der Waals surface area contributed by atoms with Crippen LogP contribution in [0.3, 0.4) is 0 Å². The average molecular weight is 390 g/mol. The van der Waals surface area contributed by atoms with Crippen LogP contribution in [0.15, 0.2) is 24.3 Å². The number of hydrogen-bond acceptors (Lipinski definition) is 3. The zero-order valence-corrected chi connectivity index (χ0v) is 15.1. The predicted molar refractivity (Wildman–Crippen MR) is 89.9 cm³/mol. The van der Waals surface area contributed by atoms with Gasteiger partial charge in [0.05, 0.1) is 11.8 Å². The highest BCUT2D eigenvalue weighted by molar-refractivity contribution is 7.88. The summed E-state index contributed by atoms with van der Waals surface area (Å²) in [5.41, 5.74) is -0.539. The summed E-state index contributed by atoms with van der Waals surface area (Å²) >= 11 is 0. The van der Waals surface area contributed by atoms with Crippen molar-refractivity contribution in [3.63, 3.8) is 0 Å². The summed E-state index contributed by atoms with van der Waals surface area (Å²) in [6.07, 6.45) is -1.64. The molecule has 1 aromatic rings. The number of nitrogens with zero attached hydrogens (tertiary/aromatic N) is 1. The molecule has 3 unspecified atom stereocenters. The van der Waals surface area contributed by atoms with Crippen LogP contribution in [0, 0.1) is 5.92 Å². The lowest BCUT2D eigenvalue weighted by Gasteiger charge is -2.31. The molecule has 2 aliphatic rings. The number of benzene rings is 1. The Balaban J connectivity index is 1.64. The van der Waals surface area contributed by atoms with Gasteiger partial charge in [-0.25, -0.2) is 12.7 Å². The molecule has 1 heterocycles. The van der Waals surface area contributed by atoms with Crippen molar-refractivity contribution in [2.45, 2.75) is 37.4 Å². The smallest absolute Gasteiger partial charge is 0.352 e. The van der Waals surface area contributed by atoms with Crippen LogP contribution in [-0.2, 0) is 21.0 Å². The van der Waals surface area contributed by atoms with Gasteiger partial charge in [-0.3, -0.25) is 4.79 Å². The maximum absolute atomic E-state index is 13.1. The Bertz CT molecular complexity index is 795. The Labute approximate surface area is 150 Å². The van der Waals surface area contributed by atoms with E-state index in [1.807, 2.05) is 0 Å². The molecule has 0 spiro atoms. The third kappa shape index (κ3) is 4.20. The lowest BCUT2D eigenvalue weighted by atomic mass is 10.0. The first-order valence-corrected chi connectivity index (χ1v) is 10.3. The van der Waals surface area contributed by atoms with Gasteiger partial charge in [0.25, 0.3) is 0 Å². The van der Waals surface area contributed by atoms with Crippen LogP contribution in [-0.4, -0.2) is 44.0 Å². The first-order chi connectivity index (χ1) is 12.1. The van der Waals surface area contributed by atoms with Gasteiger partial charge in [-0.05, 0) is 36.8 Å². The third-order valence-corrected chi connectivity index (χ3v) is 6.26. The number of sulfonamides is 1. The largest absolute Gasteiger partial charge is 0.416 e. The maximum atomic E-state index is 13.1. The minimum Gasteiger partial charge on any atom is -0.352 e. The Morgan fingerprint density at radius 1 is 1.27 bits per heavy atom. The third-order valence-electron chi connectivity index (χ3n) is 4.99. The van der Waals surface area contributed by atoms with Crippen molar-refractivity contribution < 1.29 is 26.4 Å². The topological polar surface area (TPSA) is 66.5 Å². The molecule has 1 aliphatic carbocycles. The predicted octanol–water partition coefficient (Wildman–Crippen LogP) is 2.35. The van der Waals surface area contributed by atoms with E-state index in [2.05, 4.69) is 5.32 Å². The van der Waals surface area contributed by atoms with E-state index in [4.69, 9.17) is 0 Å². The number of halogens is 3. The molecule has 0 radical (unpaired) electrons. The van der Waals surface area contributed by atoms with E-state index in [9.17, 15) is 26.4 Å². The van der Waals surface area contributed by atoms with Crippen molar-refractivity contribution in [1.29, 1.82) is 0 Å². The molecule has 1 aliphatic heterocycles. The molecule has 2 fully saturated rings. The van der Waals surface area contributed by atoms with Crippen molar-refractivity contribution in [3.8, 4) is 0 Å². The van der Waals surface area contributed by atoms with E-state index in [1.54, 1.807) is 6.07 Å². The van der Waals surface area contributed by atoms with Gasteiger partial charge in [0.15, 0.2) is 0 Å². The summed E-state index contributed by atoms with van der Waals surface area (Å²) in [7, 11) is -3.32. The number of carbonyl (C=O) groups is 1. The van der Waals surface area contributed by atoms with Crippen molar-refractivity contribution >= 4 is 15.9 Å². The van der Waals surface area contributed by atoms with Crippen LogP contribution in [0.2, 0.25) is 0 Å². The normalized spacial score (nSPS) is 27.2. The van der Waals surface area contributed by atoms with Gasteiger partial charge < -0.3 is 5.32 Å². The van der Waals surface area contributed by atoms with Crippen molar-refractivity contribution in [2.75, 3.05) is 19.3 Å². The average Bonchev–Trinajstić information content (AvgIpc) is 3.34. The summed E-state index contributed by atoms with van der Waals surface area (Å²) in [6.45, 7) is 0.636. The SMILES string of the molecule is CS(=O)(=O)N1CCCC(NC(=O)C2CC2c2ccccc2C(F)(F)F)C1. The van der Waals surface area contributed by atoms with Crippen molar-refractivity contribution in [2.24, 2.45) is 5.92 Å². The summed E-state index contributed by atoms with van der Waals surface area (Å²) in [5.74, 6) is -1.23. The minimum absolute atomic E-state index is 0.154. The highest BCUT2D eigenvalue weighted by Crippen LogP contribution is 2.51. The van der Waals surface area contributed by atoms with Crippen LogP contribution in [0.25, 0.3) is 0 Å². The van der Waals surface area contributed by atoms with Gasteiger partial charge >= 0.3 is 6.18 Å². The summed E-state index contributed by atoms with van der Waals surface area (Å²) in [5, 5.41) is 2.81. The van der Waals surface area contributed by atoms with E-state index in [0.29, 0.717) is 25.8 Å². The Kier molecular flexibility index (Phi) is 5.04. The number of nitrogens with one attached hydrogen (secondary N) is 1. The monoisotopic (exact) mass is 390 g/mol. The van der Waals surface area contributed by atoms with Crippen LogP contribution in [0.4, 0.5) is 13.2 Å². The first kappa shape index (κ1) is 19.2. The number of rotatable bonds is 4. The minimum atomic E-state index is -4.44. The van der Waals surface area contributed by atoms with Gasteiger partial charge in [0.1, 0.15) is 0 Å². The molecule has 1 aromatic carbocycles. The van der Waals surface area contributed by atoms with Crippen LogP contribution < -0.4 is 5.32 Å². The number of carbonyl (C=O) groups excluding carboxylic acids is 1. The molecular formula is C17H21F3N2O3S. The van der Waals surface area contributed by atoms with Gasteiger partial charge in [0.2, 0.25) is 15.9 Å². The van der Waals surface area contributed by atoms with Gasteiger partial charge in [-0.15, -0.1) is 0 Å². The number of piperidine rings is 1. The van der Waals surface area contributed by atoms with Crippen LogP contribution in [0.1, 0.15) is 36.3 Å². The molecular weight excluding hydrogens is 369 g/mol. The highest BCUT2D eigenvalue weighted by atomic mass is 32.2. The molecule has 1 amide bonds. The second-order valence-electron chi connectivity index (χ2n) is 7.00. The van der Waals surface area contributed by atoms with Gasteiger partial charge in [0, 0.05) is 25.0 Å². The Morgan fingerprint density at radius 3 is 2.62 bits per heavy atom. The zero-order chi connectivity index (χ0) is 19.1. The van der Waals surface area contributed by atoms with E-state index in [-0.39, 0.29) is 24.1 Å². The molecule has 144 valence electrons. The highest BCUT2D eigenvalue weighted by Gasteiger charge is 2.48. The molecule has 26 heavy (non-hydrogen) atoms. The summed E-state index contributed by atoms with van der Waals surface area (Å²) in [4.78, 5) is 12.4. The molecule has 3 atom stereocenters. The van der Waals surface area contributed by atoms with Crippen molar-refractivity contribution in [1.82, 2.24) is 9.62 Å². The molecule has 0 aromatic heterocycles. The Hall–Kier alpha value is -1.61. The standard InChI is InChI=1S/C17H21F3N2O3S/c1-26(24,25)22-8-4-5-11(10-22)21-16(23)14-9-13(14)12-6-2-3-7-15(12)17(18,19)20/h2-3,6-7,11,13-14H,4-5,8-10H2,1H3,(H,21,23). The fraction of sp³-hybridized carbons (Fsp3) is 0.588. The fourth-order valence-corrected chi connectivity index (χ4v) is 4.49. The first-order valence-electron chi connectivity index (χ1n) is 8.49. The van der Waals surface area contributed by atoms with E-state index < -0.39 is 33.6 Å². The Morgan fingerprint density at radius 2 is 1.96 bits per heavy atom.